The van der Waals surface area contributed by atoms with Crippen molar-refractivity contribution in [3.63, 3.8) is 0 Å². The first-order valence-corrected chi connectivity index (χ1v) is 15.0. The number of methoxy groups -OCH3 is 2. The Kier molecular flexibility index (Phi) is 10.2. The topological polar surface area (TPSA) is 155 Å². The molecule has 0 bridgehead atoms. The largest absolute Gasteiger partial charge is 0.497 e. The number of esters is 1. The molecule has 2 N–H and O–H groups in total. The van der Waals surface area contributed by atoms with E-state index in [-0.39, 0.29) is 19.4 Å². The Morgan fingerprint density at radius 3 is 2.02 bits per heavy atom. The van der Waals surface area contributed by atoms with Gasteiger partial charge in [0, 0.05) is 18.2 Å². The number of benzene rings is 3. The van der Waals surface area contributed by atoms with Crippen molar-refractivity contribution >= 4 is 11.9 Å². The van der Waals surface area contributed by atoms with Crippen molar-refractivity contribution in [3.05, 3.63) is 128 Å². The molecule has 3 atom stereocenters. The second kappa shape index (κ2) is 14.5. The van der Waals surface area contributed by atoms with Gasteiger partial charge in [-0.25, -0.2) is 4.79 Å². The van der Waals surface area contributed by atoms with Crippen LogP contribution in [0.15, 0.2) is 94.6 Å². The van der Waals surface area contributed by atoms with Gasteiger partial charge in [-0.05, 0) is 47.9 Å². The normalized spacial score (nSPS) is 17.6. The van der Waals surface area contributed by atoms with Crippen LogP contribution in [0.2, 0.25) is 0 Å². The number of carbonyl (C=O) groups is 2. The van der Waals surface area contributed by atoms with E-state index in [2.05, 4.69) is 4.98 Å². The lowest BCUT2D eigenvalue weighted by atomic mass is 9.80. The highest BCUT2D eigenvalue weighted by atomic mass is 16.6. The van der Waals surface area contributed by atoms with Gasteiger partial charge < -0.3 is 28.8 Å². The number of hydrogen-bond donors (Lipinski definition) is 2. The van der Waals surface area contributed by atoms with Crippen LogP contribution in [0, 0.1) is 6.92 Å². The molecule has 0 aliphatic carbocycles. The molecule has 3 aromatic carbocycles. The molecule has 246 valence electrons. The number of aryl methyl sites for hydroxylation is 1. The van der Waals surface area contributed by atoms with Crippen molar-refractivity contribution in [2.24, 2.45) is 0 Å². The van der Waals surface area contributed by atoms with Gasteiger partial charge in [0.15, 0.2) is 0 Å². The Hall–Kier alpha value is -5.20. The van der Waals surface area contributed by atoms with Gasteiger partial charge in [-0.1, -0.05) is 54.6 Å². The third-order valence-corrected chi connectivity index (χ3v) is 8.10. The average Bonchev–Trinajstić information content (AvgIpc) is 3.48. The predicted octanol–water partition coefficient (Wildman–Crippen LogP) is 3.94. The summed E-state index contributed by atoms with van der Waals surface area (Å²) < 4.78 is 31.1. The summed E-state index contributed by atoms with van der Waals surface area (Å²) in [5, 5.41) is 9.07. The van der Waals surface area contributed by atoms with Gasteiger partial charge in [0.05, 0.1) is 33.7 Å². The molecule has 1 fully saturated rings. The minimum Gasteiger partial charge on any atom is -0.497 e. The Bertz CT molecular complexity index is 1750. The average molecular weight is 645 g/mol. The number of aliphatic carboxylic acids is 1. The molecule has 12 heteroatoms. The van der Waals surface area contributed by atoms with Gasteiger partial charge >= 0.3 is 17.6 Å². The molecule has 1 aliphatic heterocycles. The van der Waals surface area contributed by atoms with Crippen LogP contribution in [0.3, 0.4) is 0 Å². The standard InChI is InChI=1S/C35H36N2O10/c1-22-20-37(34(42)36-33(22)41)30-19-28(47-32(40)18-17-31(38)39)29(46-30)21-45-35(23-7-5-4-6-8-23,24-9-13-26(43-2)14-10-24)25-11-15-27(44-3)16-12-25/h4-16,20,28-30H,17-19,21H2,1-3H3,(H,38,39)(H,36,41,42)/t28?,29-,30-/m1/s1. The lowest BCUT2D eigenvalue weighted by Crippen LogP contribution is -2.39. The second-order valence-corrected chi connectivity index (χ2v) is 11.1. The van der Waals surface area contributed by atoms with Crippen molar-refractivity contribution in [1.82, 2.24) is 9.55 Å². The fourth-order valence-electron chi connectivity index (χ4n) is 5.66. The highest BCUT2D eigenvalue weighted by Crippen LogP contribution is 2.43. The van der Waals surface area contributed by atoms with Crippen LogP contribution in [0.25, 0.3) is 0 Å². The molecule has 1 unspecified atom stereocenters. The Morgan fingerprint density at radius 2 is 1.47 bits per heavy atom. The van der Waals surface area contributed by atoms with Gasteiger partial charge in [-0.3, -0.25) is 23.9 Å². The number of aromatic amines is 1. The minimum atomic E-state index is -1.20. The number of nitrogens with one attached hydrogen (secondary N) is 1. The van der Waals surface area contributed by atoms with Gasteiger partial charge in [0.25, 0.3) is 5.56 Å². The zero-order valence-corrected chi connectivity index (χ0v) is 26.2. The molecule has 2 heterocycles. The summed E-state index contributed by atoms with van der Waals surface area (Å²) >= 11 is 0. The van der Waals surface area contributed by atoms with E-state index < -0.39 is 53.6 Å². The van der Waals surface area contributed by atoms with E-state index in [1.807, 2.05) is 78.9 Å². The molecule has 5 rings (SSSR count). The maximum atomic E-state index is 12.8. The summed E-state index contributed by atoms with van der Waals surface area (Å²) in [5.41, 5.74) is 0.228. The van der Waals surface area contributed by atoms with Crippen molar-refractivity contribution in [1.29, 1.82) is 0 Å². The summed E-state index contributed by atoms with van der Waals surface area (Å²) in [6.07, 6.45) is -1.98. The smallest absolute Gasteiger partial charge is 0.330 e. The molecule has 1 aliphatic rings. The van der Waals surface area contributed by atoms with E-state index in [9.17, 15) is 19.2 Å². The van der Waals surface area contributed by atoms with E-state index in [4.69, 9.17) is 28.8 Å². The van der Waals surface area contributed by atoms with Crippen molar-refractivity contribution in [3.8, 4) is 11.5 Å². The molecule has 0 amide bonds. The molecule has 12 nitrogen and oxygen atoms in total. The van der Waals surface area contributed by atoms with E-state index in [1.54, 1.807) is 21.1 Å². The Labute approximate surface area is 270 Å². The first-order chi connectivity index (χ1) is 22.6. The summed E-state index contributed by atoms with van der Waals surface area (Å²) in [4.78, 5) is 50.9. The Morgan fingerprint density at radius 1 is 0.894 bits per heavy atom. The molecule has 0 radical (unpaired) electrons. The lowest BCUT2D eigenvalue weighted by molar-refractivity contribution is -0.157. The third kappa shape index (κ3) is 7.29. The van der Waals surface area contributed by atoms with Gasteiger partial charge in [-0.2, -0.15) is 0 Å². The number of ether oxygens (including phenoxy) is 5. The first kappa shape index (κ1) is 33.2. The van der Waals surface area contributed by atoms with Crippen molar-refractivity contribution in [2.45, 2.75) is 50.2 Å². The number of carboxylic acid groups (broad SMARTS) is 1. The van der Waals surface area contributed by atoms with Crippen LogP contribution in [0.5, 0.6) is 11.5 Å². The molecule has 47 heavy (non-hydrogen) atoms. The highest BCUT2D eigenvalue weighted by Gasteiger charge is 2.44. The van der Waals surface area contributed by atoms with Crippen LogP contribution in [-0.4, -0.2) is 59.6 Å². The van der Waals surface area contributed by atoms with Gasteiger partial charge in [0.2, 0.25) is 0 Å². The molecular weight excluding hydrogens is 608 g/mol. The van der Waals surface area contributed by atoms with Gasteiger partial charge in [0.1, 0.15) is 35.5 Å². The summed E-state index contributed by atoms with van der Waals surface area (Å²) in [6.45, 7) is 1.45. The summed E-state index contributed by atoms with van der Waals surface area (Å²) in [5.74, 6) is -0.551. The SMILES string of the molecule is COc1ccc(C(OC[C@H]2O[C@@H](n3cc(C)c(=O)[nH]c3=O)CC2OC(=O)CCC(=O)O)(c2ccccc2)c2ccc(OC)cc2)cc1. The second-order valence-electron chi connectivity index (χ2n) is 11.1. The molecule has 0 saturated carbocycles. The van der Waals surface area contributed by atoms with Crippen LogP contribution in [0.4, 0.5) is 0 Å². The number of rotatable bonds is 13. The van der Waals surface area contributed by atoms with E-state index >= 15 is 0 Å². The fourth-order valence-corrected chi connectivity index (χ4v) is 5.66. The Balaban J connectivity index is 1.56. The zero-order chi connectivity index (χ0) is 33.6. The minimum absolute atomic E-state index is 0.0572. The highest BCUT2D eigenvalue weighted by molar-refractivity contribution is 5.76. The van der Waals surface area contributed by atoms with E-state index in [1.165, 1.54) is 10.8 Å². The number of nitrogens with zero attached hydrogens (tertiary/aromatic N) is 1. The van der Waals surface area contributed by atoms with E-state index in [0.717, 1.165) is 16.7 Å². The first-order valence-electron chi connectivity index (χ1n) is 15.0. The van der Waals surface area contributed by atoms with Gasteiger partial charge in [-0.15, -0.1) is 0 Å². The molecule has 1 saturated heterocycles. The molecular formula is C35H36N2O10. The lowest BCUT2D eigenvalue weighted by Gasteiger charge is -2.37. The van der Waals surface area contributed by atoms with Crippen LogP contribution in [0.1, 0.15) is 47.7 Å². The molecule has 4 aromatic rings. The number of carbonyl (C=O) groups excluding carboxylic acids is 1. The summed E-state index contributed by atoms with van der Waals surface area (Å²) in [7, 11) is 3.17. The van der Waals surface area contributed by atoms with Crippen LogP contribution >= 0.6 is 0 Å². The summed E-state index contributed by atoms with van der Waals surface area (Å²) in [6, 6.07) is 24.5. The fraction of sp³-hybridized carbons (Fsp3) is 0.314. The van der Waals surface area contributed by atoms with Crippen molar-refractivity contribution < 1.29 is 38.4 Å². The zero-order valence-electron chi connectivity index (χ0n) is 26.2. The van der Waals surface area contributed by atoms with E-state index in [0.29, 0.717) is 17.1 Å². The molecule has 0 spiro atoms. The van der Waals surface area contributed by atoms with Crippen LogP contribution in [-0.2, 0) is 29.4 Å². The predicted molar refractivity (Wildman–Crippen MR) is 170 cm³/mol. The van der Waals surface area contributed by atoms with Crippen molar-refractivity contribution in [2.75, 3.05) is 20.8 Å². The number of H-pyrrole nitrogens is 1. The third-order valence-electron chi connectivity index (χ3n) is 8.10. The monoisotopic (exact) mass is 644 g/mol. The number of aromatic nitrogens is 2. The molecule has 1 aromatic heterocycles. The quantitative estimate of drug-likeness (QED) is 0.162. The maximum absolute atomic E-state index is 12.8. The number of carboxylic acids is 1. The maximum Gasteiger partial charge on any atom is 0.330 e. The number of hydrogen-bond acceptors (Lipinski definition) is 9. The van der Waals surface area contributed by atoms with Crippen LogP contribution < -0.4 is 20.7 Å².